The third-order valence-corrected chi connectivity index (χ3v) is 4.31. The van der Waals surface area contributed by atoms with E-state index in [0.29, 0.717) is 5.92 Å². The van der Waals surface area contributed by atoms with Crippen LogP contribution in [0.3, 0.4) is 0 Å². The highest BCUT2D eigenvalue weighted by Crippen LogP contribution is 2.24. The van der Waals surface area contributed by atoms with Crippen molar-refractivity contribution in [2.24, 2.45) is 13.0 Å². The number of rotatable bonds is 5. The van der Waals surface area contributed by atoms with Crippen molar-refractivity contribution in [2.45, 2.75) is 19.3 Å². The lowest BCUT2D eigenvalue weighted by molar-refractivity contribution is 0.139. The van der Waals surface area contributed by atoms with Gasteiger partial charge in [-0.1, -0.05) is 0 Å². The van der Waals surface area contributed by atoms with Crippen molar-refractivity contribution in [2.75, 3.05) is 26.2 Å². The van der Waals surface area contributed by atoms with Crippen molar-refractivity contribution in [3.63, 3.8) is 0 Å². The van der Waals surface area contributed by atoms with Gasteiger partial charge in [0.25, 0.3) is 0 Å². The summed E-state index contributed by atoms with van der Waals surface area (Å²) in [5, 5.41) is 9.12. The Balaban J connectivity index is 1.77. The summed E-state index contributed by atoms with van der Waals surface area (Å²) < 4.78 is 1.98. The number of imidazole rings is 1. The molecule has 0 saturated carbocycles. The lowest BCUT2D eigenvalue weighted by Gasteiger charge is -2.32. The Morgan fingerprint density at radius 1 is 1.23 bits per heavy atom. The van der Waals surface area contributed by atoms with Crippen molar-refractivity contribution in [1.29, 1.82) is 0 Å². The van der Waals surface area contributed by atoms with E-state index in [1.807, 2.05) is 17.8 Å². The van der Waals surface area contributed by atoms with Gasteiger partial charge in [0.1, 0.15) is 5.69 Å². The Hall–Kier alpha value is -1.79. The van der Waals surface area contributed by atoms with E-state index in [9.17, 15) is 0 Å². The smallest absolute Gasteiger partial charge is 0.160 e. The molecule has 1 saturated heterocycles. The summed E-state index contributed by atoms with van der Waals surface area (Å²) >= 11 is 0. The molecule has 0 aliphatic carbocycles. The van der Waals surface area contributed by atoms with Gasteiger partial charge >= 0.3 is 0 Å². The van der Waals surface area contributed by atoms with Crippen LogP contribution in [0, 0.1) is 5.92 Å². The Morgan fingerprint density at radius 3 is 2.86 bits per heavy atom. The van der Waals surface area contributed by atoms with Crippen LogP contribution in [0.4, 0.5) is 0 Å². The van der Waals surface area contributed by atoms with Crippen molar-refractivity contribution in [3.05, 3.63) is 30.5 Å². The molecule has 2 aromatic rings. The number of likely N-dealkylation sites (tertiary alicyclic amines) is 1. The average Bonchev–Trinajstić information content (AvgIpc) is 2.95. The molecule has 1 atom stereocenters. The van der Waals surface area contributed by atoms with Crippen LogP contribution in [0.1, 0.15) is 18.5 Å². The maximum atomic E-state index is 9.12. The molecule has 1 fully saturated rings. The number of hydrogen-bond donors (Lipinski definition) is 1. The van der Waals surface area contributed by atoms with E-state index in [4.69, 9.17) is 5.11 Å². The Labute approximate surface area is 130 Å². The molecule has 0 spiro atoms. The van der Waals surface area contributed by atoms with E-state index in [0.717, 1.165) is 43.3 Å². The number of aliphatic hydroxyl groups is 1. The molecule has 0 bridgehead atoms. The molecule has 0 aromatic carbocycles. The minimum absolute atomic E-state index is 0.233. The maximum absolute atomic E-state index is 9.12. The average molecular weight is 301 g/mol. The zero-order valence-corrected chi connectivity index (χ0v) is 13.0. The van der Waals surface area contributed by atoms with Gasteiger partial charge in [-0.3, -0.25) is 4.98 Å². The second kappa shape index (κ2) is 6.98. The standard InChI is InChI=1S/C16H23N5O/c1-20-8-6-19-16(20)15-14(17-4-5-18-15)11-13-3-2-7-21(12-13)9-10-22/h4-6,8,13,22H,2-3,7,9-12H2,1H3. The van der Waals surface area contributed by atoms with Gasteiger partial charge in [-0.25, -0.2) is 9.97 Å². The van der Waals surface area contributed by atoms with Crippen LogP contribution in [0.5, 0.6) is 0 Å². The van der Waals surface area contributed by atoms with Crippen LogP contribution in [-0.4, -0.2) is 55.8 Å². The van der Waals surface area contributed by atoms with E-state index in [-0.39, 0.29) is 6.61 Å². The van der Waals surface area contributed by atoms with Crippen LogP contribution in [0.2, 0.25) is 0 Å². The first-order chi connectivity index (χ1) is 10.8. The summed E-state index contributed by atoms with van der Waals surface area (Å²) in [5.74, 6) is 1.43. The Kier molecular flexibility index (Phi) is 4.80. The number of hydrogen-bond acceptors (Lipinski definition) is 5. The SMILES string of the molecule is Cn1ccnc1-c1nccnc1CC1CCCN(CCO)C1. The minimum atomic E-state index is 0.233. The number of aliphatic hydroxyl groups excluding tert-OH is 1. The summed E-state index contributed by atoms with van der Waals surface area (Å²) in [5.41, 5.74) is 1.90. The molecule has 3 heterocycles. The van der Waals surface area contributed by atoms with Crippen LogP contribution in [0.15, 0.2) is 24.8 Å². The summed E-state index contributed by atoms with van der Waals surface area (Å²) in [6.07, 6.45) is 10.5. The van der Waals surface area contributed by atoms with Gasteiger partial charge < -0.3 is 14.6 Å². The zero-order valence-electron chi connectivity index (χ0n) is 13.0. The zero-order chi connectivity index (χ0) is 15.4. The lowest BCUT2D eigenvalue weighted by atomic mass is 9.92. The van der Waals surface area contributed by atoms with Gasteiger partial charge in [0.05, 0.1) is 12.3 Å². The number of piperidine rings is 1. The van der Waals surface area contributed by atoms with E-state index < -0.39 is 0 Å². The molecule has 1 aliphatic heterocycles. The molecule has 22 heavy (non-hydrogen) atoms. The fourth-order valence-corrected chi connectivity index (χ4v) is 3.23. The van der Waals surface area contributed by atoms with Crippen LogP contribution >= 0.6 is 0 Å². The summed E-state index contributed by atoms with van der Waals surface area (Å²) in [6, 6.07) is 0. The number of β-amino-alcohol motifs (C(OH)–C–C–N with tert-alkyl or cyclic N) is 1. The quantitative estimate of drug-likeness (QED) is 0.896. The molecular formula is C16H23N5O. The molecule has 6 nitrogen and oxygen atoms in total. The lowest BCUT2D eigenvalue weighted by Crippen LogP contribution is -2.38. The van der Waals surface area contributed by atoms with Gasteiger partial charge in [0.2, 0.25) is 0 Å². The van der Waals surface area contributed by atoms with Gasteiger partial charge in [-0.15, -0.1) is 0 Å². The molecule has 3 rings (SSSR count). The first-order valence-corrected chi connectivity index (χ1v) is 7.88. The van der Waals surface area contributed by atoms with Crippen molar-refractivity contribution in [1.82, 2.24) is 24.4 Å². The van der Waals surface area contributed by atoms with Crippen LogP contribution in [0.25, 0.3) is 11.5 Å². The molecule has 1 aliphatic rings. The van der Waals surface area contributed by atoms with Crippen LogP contribution < -0.4 is 0 Å². The van der Waals surface area contributed by atoms with E-state index in [1.165, 1.54) is 12.8 Å². The number of aryl methyl sites for hydroxylation is 1. The normalized spacial score (nSPS) is 19.5. The molecule has 6 heteroatoms. The Bertz CT molecular complexity index is 610. The first kappa shape index (κ1) is 15.1. The second-order valence-electron chi connectivity index (χ2n) is 5.95. The molecule has 0 radical (unpaired) electrons. The van der Waals surface area contributed by atoms with Gasteiger partial charge in [-0.05, 0) is 31.7 Å². The van der Waals surface area contributed by atoms with Crippen molar-refractivity contribution >= 4 is 0 Å². The Morgan fingerprint density at radius 2 is 2.09 bits per heavy atom. The molecule has 1 unspecified atom stereocenters. The van der Waals surface area contributed by atoms with Crippen molar-refractivity contribution in [3.8, 4) is 11.5 Å². The van der Waals surface area contributed by atoms with Crippen LogP contribution in [-0.2, 0) is 13.5 Å². The monoisotopic (exact) mass is 301 g/mol. The second-order valence-corrected chi connectivity index (χ2v) is 5.95. The molecule has 2 aromatic heterocycles. The highest BCUT2D eigenvalue weighted by molar-refractivity contribution is 5.52. The predicted octanol–water partition coefficient (Wildman–Crippen LogP) is 1.12. The topological polar surface area (TPSA) is 67.1 Å². The highest BCUT2D eigenvalue weighted by atomic mass is 16.3. The maximum Gasteiger partial charge on any atom is 0.160 e. The fourth-order valence-electron chi connectivity index (χ4n) is 3.23. The van der Waals surface area contributed by atoms with Gasteiger partial charge in [0.15, 0.2) is 5.82 Å². The molecule has 118 valence electrons. The van der Waals surface area contributed by atoms with Crippen molar-refractivity contribution < 1.29 is 5.11 Å². The number of nitrogens with zero attached hydrogens (tertiary/aromatic N) is 5. The van der Waals surface area contributed by atoms with Gasteiger partial charge in [0, 0.05) is 44.9 Å². The molecule has 1 N–H and O–H groups in total. The molecular weight excluding hydrogens is 278 g/mol. The molecule has 0 amide bonds. The summed E-state index contributed by atoms with van der Waals surface area (Å²) in [4.78, 5) is 15.8. The summed E-state index contributed by atoms with van der Waals surface area (Å²) in [7, 11) is 1.98. The van der Waals surface area contributed by atoms with Gasteiger partial charge in [-0.2, -0.15) is 0 Å². The highest BCUT2D eigenvalue weighted by Gasteiger charge is 2.22. The third kappa shape index (κ3) is 3.34. The van der Waals surface area contributed by atoms with E-state index in [2.05, 4.69) is 19.9 Å². The fraction of sp³-hybridized carbons (Fsp3) is 0.562. The largest absolute Gasteiger partial charge is 0.395 e. The summed E-state index contributed by atoms with van der Waals surface area (Å²) in [6.45, 7) is 3.11. The third-order valence-electron chi connectivity index (χ3n) is 4.31. The van der Waals surface area contributed by atoms with E-state index in [1.54, 1.807) is 18.6 Å². The minimum Gasteiger partial charge on any atom is -0.395 e. The first-order valence-electron chi connectivity index (χ1n) is 7.88. The number of aromatic nitrogens is 4. The predicted molar refractivity (Wildman–Crippen MR) is 84.2 cm³/mol. The van der Waals surface area contributed by atoms with E-state index >= 15 is 0 Å².